The second-order valence-corrected chi connectivity index (χ2v) is 6.16. The van der Waals surface area contributed by atoms with E-state index in [1.165, 1.54) is 32.1 Å². The highest BCUT2D eigenvalue weighted by molar-refractivity contribution is 6.04. The molecule has 2 aromatic rings. The van der Waals surface area contributed by atoms with Gasteiger partial charge in [-0.3, -0.25) is 4.79 Å². The lowest BCUT2D eigenvalue weighted by Crippen LogP contribution is -2.30. The van der Waals surface area contributed by atoms with E-state index in [0.29, 0.717) is 22.6 Å². The van der Waals surface area contributed by atoms with Crippen molar-refractivity contribution in [1.82, 2.24) is 20.3 Å². The number of carbonyl (C=O) groups is 1. The van der Waals surface area contributed by atoms with Gasteiger partial charge in [-0.2, -0.15) is 0 Å². The fourth-order valence-corrected chi connectivity index (χ4v) is 3.01. The quantitative estimate of drug-likeness (QED) is 0.910. The van der Waals surface area contributed by atoms with Crippen molar-refractivity contribution in [2.75, 3.05) is 0 Å². The van der Waals surface area contributed by atoms with Gasteiger partial charge in [0.25, 0.3) is 5.91 Å². The number of hydrogen-bond acceptors (Lipinski definition) is 3. The monoisotopic (exact) mass is 286 g/mol. The van der Waals surface area contributed by atoms with Crippen LogP contribution in [0.1, 0.15) is 67.9 Å². The molecule has 0 unspecified atom stereocenters. The van der Waals surface area contributed by atoms with Gasteiger partial charge in [-0.1, -0.05) is 19.3 Å². The van der Waals surface area contributed by atoms with Gasteiger partial charge in [0.05, 0.1) is 17.5 Å². The molecule has 0 aromatic carbocycles. The van der Waals surface area contributed by atoms with Crippen LogP contribution in [0.15, 0.2) is 12.4 Å². The highest BCUT2D eigenvalue weighted by Gasteiger charge is 2.20. The van der Waals surface area contributed by atoms with E-state index in [-0.39, 0.29) is 11.9 Å². The summed E-state index contributed by atoms with van der Waals surface area (Å²) >= 11 is 0. The van der Waals surface area contributed by atoms with Crippen molar-refractivity contribution < 1.29 is 4.79 Å². The summed E-state index contributed by atoms with van der Waals surface area (Å²) in [5, 5.41) is 2.91. The highest BCUT2D eigenvalue weighted by atomic mass is 16.1. The molecule has 5 heteroatoms. The van der Waals surface area contributed by atoms with E-state index in [2.05, 4.69) is 15.3 Å². The van der Waals surface area contributed by atoms with E-state index in [4.69, 9.17) is 4.98 Å². The Hall–Kier alpha value is -1.91. The Morgan fingerprint density at radius 1 is 1.33 bits per heavy atom. The van der Waals surface area contributed by atoms with Crippen molar-refractivity contribution in [2.45, 2.75) is 57.9 Å². The van der Waals surface area contributed by atoms with Gasteiger partial charge in [0.2, 0.25) is 0 Å². The summed E-state index contributed by atoms with van der Waals surface area (Å²) < 4.78 is 0. The third-order valence-corrected chi connectivity index (χ3v) is 4.09. The molecule has 1 amide bonds. The van der Waals surface area contributed by atoms with Gasteiger partial charge in [0.15, 0.2) is 5.65 Å². The van der Waals surface area contributed by atoms with E-state index in [9.17, 15) is 4.79 Å². The minimum atomic E-state index is -0.0913. The van der Waals surface area contributed by atoms with Crippen molar-refractivity contribution in [3.8, 4) is 0 Å². The molecular weight excluding hydrogens is 264 g/mol. The topological polar surface area (TPSA) is 70.7 Å². The maximum Gasteiger partial charge on any atom is 0.255 e. The van der Waals surface area contributed by atoms with Crippen molar-refractivity contribution in [3.05, 3.63) is 23.7 Å². The van der Waals surface area contributed by atoms with E-state index in [1.807, 2.05) is 20.0 Å². The fraction of sp³-hybridized carbons (Fsp3) is 0.562. The molecule has 1 aliphatic carbocycles. The standard InChI is InChI=1S/C16H22N4O/c1-10(2)19-16(21)12-8-17-15-14(12)20-13(9-18-15)11-6-4-3-5-7-11/h8-11H,3-7H2,1-2H3,(H,17,18)(H,19,21). The third kappa shape index (κ3) is 2.91. The van der Waals surface area contributed by atoms with Crippen LogP contribution in [0.2, 0.25) is 0 Å². The molecule has 2 aromatic heterocycles. The summed E-state index contributed by atoms with van der Waals surface area (Å²) in [7, 11) is 0. The summed E-state index contributed by atoms with van der Waals surface area (Å²) in [5.74, 6) is 0.401. The number of aromatic nitrogens is 3. The van der Waals surface area contributed by atoms with Crippen LogP contribution >= 0.6 is 0 Å². The molecule has 0 atom stereocenters. The summed E-state index contributed by atoms with van der Waals surface area (Å²) in [5.41, 5.74) is 2.99. The Bertz CT molecular complexity index is 641. The van der Waals surface area contributed by atoms with Crippen LogP contribution in [0.3, 0.4) is 0 Å². The fourth-order valence-electron chi connectivity index (χ4n) is 3.01. The van der Waals surface area contributed by atoms with E-state index in [1.54, 1.807) is 6.20 Å². The number of nitrogens with one attached hydrogen (secondary N) is 2. The summed E-state index contributed by atoms with van der Waals surface area (Å²) in [6.07, 6.45) is 9.76. The highest BCUT2D eigenvalue weighted by Crippen LogP contribution is 2.32. The lowest BCUT2D eigenvalue weighted by atomic mass is 9.87. The maximum absolute atomic E-state index is 12.2. The number of aromatic amines is 1. The number of H-pyrrole nitrogens is 1. The molecular formula is C16H22N4O. The van der Waals surface area contributed by atoms with Crippen LogP contribution in [-0.4, -0.2) is 26.9 Å². The second kappa shape index (κ2) is 5.84. The lowest BCUT2D eigenvalue weighted by Gasteiger charge is -2.20. The molecule has 0 saturated heterocycles. The molecule has 1 fully saturated rings. The third-order valence-electron chi connectivity index (χ3n) is 4.09. The minimum Gasteiger partial charge on any atom is -0.350 e. The predicted molar refractivity (Wildman–Crippen MR) is 82.3 cm³/mol. The molecule has 0 spiro atoms. The van der Waals surface area contributed by atoms with E-state index in [0.717, 1.165) is 5.69 Å². The van der Waals surface area contributed by atoms with Gasteiger partial charge in [-0.05, 0) is 26.7 Å². The zero-order chi connectivity index (χ0) is 14.8. The number of nitrogens with zero attached hydrogens (tertiary/aromatic N) is 2. The van der Waals surface area contributed by atoms with Gasteiger partial charge in [0, 0.05) is 18.2 Å². The van der Waals surface area contributed by atoms with Gasteiger partial charge in [-0.25, -0.2) is 9.97 Å². The zero-order valence-electron chi connectivity index (χ0n) is 12.6. The first-order chi connectivity index (χ1) is 10.1. The molecule has 1 saturated carbocycles. The smallest absolute Gasteiger partial charge is 0.255 e. The van der Waals surface area contributed by atoms with Crippen LogP contribution in [0, 0.1) is 0 Å². The number of carbonyl (C=O) groups excluding carboxylic acids is 1. The molecule has 0 radical (unpaired) electrons. The van der Waals surface area contributed by atoms with Gasteiger partial charge >= 0.3 is 0 Å². The molecule has 21 heavy (non-hydrogen) atoms. The molecule has 2 N–H and O–H groups in total. The van der Waals surface area contributed by atoms with Crippen LogP contribution in [0.25, 0.3) is 11.2 Å². The number of amides is 1. The van der Waals surface area contributed by atoms with Gasteiger partial charge in [-0.15, -0.1) is 0 Å². The number of fused-ring (bicyclic) bond motifs is 1. The van der Waals surface area contributed by atoms with Gasteiger partial charge < -0.3 is 10.3 Å². The molecule has 2 heterocycles. The molecule has 3 rings (SSSR count). The largest absolute Gasteiger partial charge is 0.350 e. The Labute approximate surface area is 124 Å². The van der Waals surface area contributed by atoms with Crippen molar-refractivity contribution in [1.29, 1.82) is 0 Å². The van der Waals surface area contributed by atoms with Crippen molar-refractivity contribution >= 4 is 17.1 Å². The summed E-state index contributed by atoms with van der Waals surface area (Å²) in [6.45, 7) is 3.90. The maximum atomic E-state index is 12.2. The average molecular weight is 286 g/mol. The second-order valence-electron chi connectivity index (χ2n) is 6.16. The average Bonchev–Trinajstić information content (AvgIpc) is 2.90. The molecule has 5 nitrogen and oxygen atoms in total. The van der Waals surface area contributed by atoms with Crippen LogP contribution < -0.4 is 5.32 Å². The minimum absolute atomic E-state index is 0.0913. The first-order valence-electron chi connectivity index (χ1n) is 7.80. The van der Waals surface area contributed by atoms with Crippen molar-refractivity contribution in [2.24, 2.45) is 0 Å². The first-order valence-corrected chi connectivity index (χ1v) is 7.80. The Balaban J connectivity index is 1.93. The van der Waals surface area contributed by atoms with E-state index >= 15 is 0 Å². The van der Waals surface area contributed by atoms with E-state index < -0.39 is 0 Å². The molecule has 0 bridgehead atoms. The van der Waals surface area contributed by atoms with Crippen LogP contribution in [-0.2, 0) is 0 Å². The summed E-state index contributed by atoms with van der Waals surface area (Å²) in [4.78, 5) is 24.4. The normalized spacial score (nSPS) is 16.5. The Kier molecular flexibility index (Phi) is 3.90. The SMILES string of the molecule is CC(C)NC(=O)c1c[nH]c2ncc(C3CCCCC3)nc12. The molecule has 1 aliphatic rings. The summed E-state index contributed by atoms with van der Waals surface area (Å²) in [6, 6.07) is 0.108. The Morgan fingerprint density at radius 3 is 2.81 bits per heavy atom. The predicted octanol–water partition coefficient (Wildman–Crippen LogP) is 3.14. The zero-order valence-corrected chi connectivity index (χ0v) is 12.6. The first kappa shape index (κ1) is 14.0. The number of hydrogen-bond donors (Lipinski definition) is 2. The number of rotatable bonds is 3. The lowest BCUT2D eigenvalue weighted by molar-refractivity contribution is 0.0944. The molecule has 0 aliphatic heterocycles. The van der Waals surface area contributed by atoms with Crippen LogP contribution in [0.5, 0.6) is 0 Å². The Morgan fingerprint density at radius 2 is 2.10 bits per heavy atom. The molecule has 112 valence electrons. The van der Waals surface area contributed by atoms with Crippen molar-refractivity contribution in [3.63, 3.8) is 0 Å². The van der Waals surface area contributed by atoms with Gasteiger partial charge in [0.1, 0.15) is 5.52 Å². The van der Waals surface area contributed by atoms with Crippen LogP contribution in [0.4, 0.5) is 0 Å².